The first-order valence-electron chi connectivity index (χ1n) is 4.62. The average molecular weight is 234 g/mol. The summed E-state index contributed by atoms with van der Waals surface area (Å²) < 4.78 is 0. The monoisotopic (exact) mass is 233 g/mol. The van der Waals surface area contributed by atoms with Crippen LogP contribution >= 0.6 is 11.6 Å². The molecule has 0 unspecified atom stereocenters. The molecule has 1 aromatic heterocycles. The van der Waals surface area contributed by atoms with E-state index in [2.05, 4.69) is 4.98 Å². The summed E-state index contributed by atoms with van der Waals surface area (Å²) in [7, 11) is 0. The van der Waals surface area contributed by atoms with E-state index in [1.54, 1.807) is 30.5 Å². The van der Waals surface area contributed by atoms with Crippen molar-refractivity contribution in [3.63, 3.8) is 0 Å². The molecule has 0 amide bonds. The second-order valence-electron chi connectivity index (χ2n) is 3.24. The number of carbonyl (C=O) groups is 1. The Morgan fingerprint density at radius 1 is 1.31 bits per heavy atom. The molecule has 0 aliphatic rings. The van der Waals surface area contributed by atoms with Gasteiger partial charge in [0.2, 0.25) is 0 Å². The van der Waals surface area contributed by atoms with E-state index in [4.69, 9.17) is 16.7 Å². The summed E-state index contributed by atoms with van der Waals surface area (Å²) in [6.07, 6.45) is 2.89. The van der Waals surface area contributed by atoms with Crippen molar-refractivity contribution in [3.8, 4) is 11.1 Å². The van der Waals surface area contributed by atoms with Crippen LogP contribution in [0.25, 0.3) is 11.1 Å². The van der Waals surface area contributed by atoms with Crippen molar-refractivity contribution in [2.24, 2.45) is 0 Å². The first-order chi connectivity index (χ1) is 7.68. The molecule has 1 N–H and O–H groups in total. The number of carboxylic acids is 1. The zero-order valence-corrected chi connectivity index (χ0v) is 8.98. The number of rotatable bonds is 2. The van der Waals surface area contributed by atoms with Gasteiger partial charge in [-0.1, -0.05) is 23.7 Å². The van der Waals surface area contributed by atoms with Crippen LogP contribution in [0, 0.1) is 0 Å². The van der Waals surface area contributed by atoms with Crippen molar-refractivity contribution < 1.29 is 9.90 Å². The molecule has 2 rings (SSSR count). The van der Waals surface area contributed by atoms with Crippen LogP contribution < -0.4 is 0 Å². The first kappa shape index (κ1) is 10.6. The number of aromatic nitrogens is 1. The molecule has 2 aromatic rings. The number of hydrogen-bond acceptors (Lipinski definition) is 2. The van der Waals surface area contributed by atoms with E-state index < -0.39 is 5.97 Å². The van der Waals surface area contributed by atoms with E-state index in [1.807, 2.05) is 6.07 Å². The number of carboxylic acid groups (broad SMARTS) is 1. The summed E-state index contributed by atoms with van der Waals surface area (Å²) in [5.41, 5.74) is 1.56. The molecule has 0 aliphatic carbocycles. The molecule has 0 atom stereocenters. The number of halogens is 1. The molecule has 0 saturated carbocycles. The van der Waals surface area contributed by atoms with Crippen LogP contribution in [-0.2, 0) is 0 Å². The molecule has 80 valence electrons. The molecule has 0 aliphatic heterocycles. The summed E-state index contributed by atoms with van der Waals surface area (Å²) in [4.78, 5) is 14.8. The lowest BCUT2D eigenvalue weighted by Crippen LogP contribution is -2.00. The van der Waals surface area contributed by atoms with Crippen molar-refractivity contribution in [2.75, 3.05) is 0 Å². The van der Waals surface area contributed by atoms with Crippen LogP contribution in [-0.4, -0.2) is 16.1 Å². The summed E-state index contributed by atoms with van der Waals surface area (Å²) in [5, 5.41) is 9.60. The Kier molecular flexibility index (Phi) is 2.88. The predicted octanol–water partition coefficient (Wildman–Crippen LogP) is 3.10. The maximum Gasteiger partial charge on any atom is 0.337 e. The summed E-state index contributed by atoms with van der Waals surface area (Å²) in [6, 6.07) is 8.72. The third-order valence-electron chi connectivity index (χ3n) is 2.19. The summed E-state index contributed by atoms with van der Waals surface area (Å²) in [5.74, 6) is -0.997. The maximum absolute atomic E-state index is 11.0. The van der Waals surface area contributed by atoms with Gasteiger partial charge in [0.1, 0.15) is 0 Å². The van der Waals surface area contributed by atoms with Gasteiger partial charge in [0.05, 0.1) is 5.56 Å². The highest BCUT2D eigenvalue weighted by molar-refractivity contribution is 6.30. The standard InChI is InChI=1S/C12H8ClNO2/c13-9-3-1-2-8(6-9)10-4-5-14-7-11(10)12(15)16/h1-7H,(H,15,16). The highest BCUT2D eigenvalue weighted by Gasteiger charge is 2.11. The van der Waals surface area contributed by atoms with Crippen LogP contribution in [0.4, 0.5) is 0 Å². The van der Waals surface area contributed by atoms with Crippen molar-refractivity contribution in [1.29, 1.82) is 0 Å². The van der Waals surface area contributed by atoms with Crippen LogP contribution in [0.15, 0.2) is 42.7 Å². The van der Waals surface area contributed by atoms with E-state index in [9.17, 15) is 4.79 Å². The van der Waals surface area contributed by atoms with Gasteiger partial charge >= 0.3 is 5.97 Å². The van der Waals surface area contributed by atoms with Crippen LogP contribution in [0.1, 0.15) is 10.4 Å². The zero-order valence-electron chi connectivity index (χ0n) is 8.22. The lowest BCUT2D eigenvalue weighted by Gasteiger charge is -2.05. The topological polar surface area (TPSA) is 50.2 Å². The minimum absolute atomic E-state index is 0.171. The smallest absolute Gasteiger partial charge is 0.337 e. The van der Waals surface area contributed by atoms with Gasteiger partial charge in [-0.25, -0.2) is 4.79 Å². The van der Waals surface area contributed by atoms with Crippen molar-refractivity contribution in [1.82, 2.24) is 4.98 Å². The lowest BCUT2D eigenvalue weighted by molar-refractivity contribution is 0.0697. The second kappa shape index (κ2) is 4.33. The molecular formula is C12H8ClNO2. The van der Waals surface area contributed by atoms with Crippen LogP contribution in [0.3, 0.4) is 0 Å². The molecule has 16 heavy (non-hydrogen) atoms. The Morgan fingerprint density at radius 3 is 2.81 bits per heavy atom. The lowest BCUT2D eigenvalue weighted by atomic mass is 10.0. The number of nitrogens with zero attached hydrogens (tertiary/aromatic N) is 1. The fraction of sp³-hybridized carbons (Fsp3) is 0. The largest absolute Gasteiger partial charge is 0.478 e. The minimum atomic E-state index is -0.997. The molecule has 1 aromatic carbocycles. The van der Waals surface area contributed by atoms with Gasteiger partial charge in [-0.3, -0.25) is 4.98 Å². The quantitative estimate of drug-likeness (QED) is 0.867. The van der Waals surface area contributed by atoms with Gasteiger partial charge in [-0.05, 0) is 29.3 Å². The Balaban J connectivity index is 2.60. The molecule has 1 heterocycles. The number of benzene rings is 1. The minimum Gasteiger partial charge on any atom is -0.478 e. The Labute approximate surface area is 97.3 Å². The van der Waals surface area contributed by atoms with Crippen LogP contribution in [0.5, 0.6) is 0 Å². The predicted molar refractivity (Wildman–Crippen MR) is 61.6 cm³/mol. The van der Waals surface area contributed by atoms with Gasteiger partial charge in [-0.2, -0.15) is 0 Å². The fourth-order valence-corrected chi connectivity index (χ4v) is 1.66. The van der Waals surface area contributed by atoms with Crippen molar-refractivity contribution in [3.05, 3.63) is 53.3 Å². The van der Waals surface area contributed by atoms with Gasteiger partial charge < -0.3 is 5.11 Å². The van der Waals surface area contributed by atoms with E-state index in [1.165, 1.54) is 6.20 Å². The normalized spacial score (nSPS) is 10.1. The number of pyridine rings is 1. The molecule has 0 spiro atoms. The molecule has 0 radical (unpaired) electrons. The molecule has 3 nitrogen and oxygen atoms in total. The van der Waals surface area contributed by atoms with Gasteiger partial charge in [0, 0.05) is 17.4 Å². The van der Waals surface area contributed by atoms with Crippen molar-refractivity contribution >= 4 is 17.6 Å². The third kappa shape index (κ3) is 2.04. The fourth-order valence-electron chi connectivity index (χ4n) is 1.47. The molecule has 4 heteroatoms. The Hall–Kier alpha value is -1.87. The molecule has 0 fully saturated rings. The average Bonchev–Trinajstić information content (AvgIpc) is 2.29. The molecule has 0 saturated heterocycles. The van der Waals surface area contributed by atoms with E-state index >= 15 is 0 Å². The maximum atomic E-state index is 11.0. The first-order valence-corrected chi connectivity index (χ1v) is 4.99. The highest BCUT2D eigenvalue weighted by atomic mass is 35.5. The number of hydrogen-bond donors (Lipinski definition) is 1. The molecule has 0 bridgehead atoms. The number of aromatic carboxylic acids is 1. The van der Waals surface area contributed by atoms with E-state index in [0.717, 1.165) is 5.56 Å². The SMILES string of the molecule is O=C(O)c1cnccc1-c1cccc(Cl)c1. The van der Waals surface area contributed by atoms with Gasteiger partial charge in [0.25, 0.3) is 0 Å². The zero-order chi connectivity index (χ0) is 11.5. The third-order valence-corrected chi connectivity index (χ3v) is 2.42. The van der Waals surface area contributed by atoms with E-state index in [-0.39, 0.29) is 5.56 Å². The summed E-state index contributed by atoms with van der Waals surface area (Å²) >= 11 is 5.86. The van der Waals surface area contributed by atoms with Gasteiger partial charge in [0.15, 0.2) is 0 Å². The molecular weight excluding hydrogens is 226 g/mol. The highest BCUT2D eigenvalue weighted by Crippen LogP contribution is 2.25. The van der Waals surface area contributed by atoms with E-state index in [0.29, 0.717) is 10.6 Å². The summed E-state index contributed by atoms with van der Waals surface area (Å²) in [6.45, 7) is 0. The van der Waals surface area contributed by atoms with Crippen LogP contribution in [0.2, 0.25) is 5.02 Å². The van der Waals surface area contributed by atoms with Crippen molar-refractivity contribution in [2.45, 2.75) is 0 Å². The Bertz CT molecular complexity index is 540. The Morgan fingerprint density at radius 2 is 2.12 bits per heavy atom. The second-order valence-corrected chi connectivity index (χ2v) is 3.67. The van der Waals surface area contributed by atoms with Gasteiger partial charge in [-0.15, -0.1) is 0 Å².